The average molecular weight is 237 g/mol. The highest BCUT2D eigenvalue weighted by atomic mass is 15.0. The fraction of sp³-hybridized carbons (Fsp3) is 0.786. The van der Waals surface area contributed by atoms with Crippen LogP contribution in [0, 0.1) is 13.8 Å². The summed E-state index contributed by atoms with van der Waals surface area (Å²) in [6.07, 6.45) is 8.44. The summed E-state index contributed by atoms with van der Waals surface area (Å²) in [4.78, 5) is 4.32. The van der Waals surface area contributed by atoms with E-state index < -0.39 is 0 Å². The Morgan fingerprint density at radius 2 is 1.88 bits per heavy atom. The first-order valence-electron chi connectivity index (χ1n) is 6.94. The van der Waals surface area contributed by atoms with Crippen molar-refractivity contribution in [3.8, 4) is 0 Å². The lowest BCUT2D eigenvalue weighted by Gasteiger charge is -2.06. The Morgan fingerprint density at radius 1 is 1.12 bits per heavy atom. The predicted octanol–water partition coefficient (Wildman–Crippen LogP) is 3.06. The molecule has 0 aliphatic carbocycles. The van der Waals surface area contributed by atoms with Gasteiger partial charge in [0, 0.05) is 12.2 Å². The second-order valence-electron chi connectivity index (χ2n) is 4.77. The summed E-state index contributed by atoms with van der Waals surface area (Å²) in [6, 6.07) is 0. The number of imidazole rings is 1. The summed E-state index contributed by atoms with van der Waals surface area (Å²) in [7, 11) is 0. The molecule has 17 heavy (non-hydrogen) atoms. The zero-order chi connectivity index (χ0) is 12.5. The zero-order valence-corrected chi connectivity index (χ0v) is 11.6. The van der Waals surface area contributed by atoms with Crippen LogP contribution >= 0.6 is 0 Å². The Morgan fingerprint density at radius 3 is 2.53 bits per heavy atom. The molecule has 1 aromatic rings. The van der Waals surface area contributed by atoms with Gasteiger partial charge < -0.3 is 9.88 Å². The molecule has 0 saturated heterocycles. The third kappa shape index (κ3) is 5.35. The van der Waals surface area contributed by atoms with E-state index in [1.165, 1.54) is 44.3 Å². The highest BCUT2D eigenvalue weighted by molar-refractivity contribution is 5.08. The molecule has 0 aliphatic rings. The molecule has 0 unspecified atom stereocenters. The van der Waals surface area contributed by atoms with E-state index in [-0.39, 0.29) is 0 Å². The van der Waals surface area contributed by atoms with Crippen LogP contribution in [-0.4, -0.2) is 22.6 Å². The molecule has 3 nitrogen and oxygen atoms in total. The third-order valence-electron chi connectivity index (χ3n) is 3.27. The van der Waals surface area contributed by atoms with Crippen molar-refractivity contribution in [1.82, 2.24) is 14.9 Å². The van der Waals surface area contributed by atoms with Gasteiger partial charge in [-0.1, -0.05) is 19.8 Å². The second-order valence-corrected chi connectivity index (χ2v) is 4.77. The van der Waals surface area contributed by atoms with Gasteiger partial charge in [0.05, 0.1) is 12.0 Å². The van der Waals surface area contributed by atoms with Crippen molar-refractivity contribution in [2.45, 2.75) is 59.4 Å². The molecule has 0 fully saturated rings. The molecule has 0 saturated carbocycles. The number of aryl methyl sites for hydroxylation is 2. The molecule has 1 aromatic heterocycles. The summed E-state index contributed by atoms with van der Waals surface area (Å²) >= 11 is 0. The molecule has 0 amide bonds. The molecule has 1 N–H and O–H groups in total. The van der Waals surface area contributed by atoms with Crippen LogP contribution in [0.25, 0.3) is 0 Å². The van der Waals surface area contributed by atoms with Crippen molar-refractivity contribution in [3.05, 3.63) is 17.7 Å². The van der Waals surface area contributed by atoms with Crippen LogP contribution in [-0.2, 0) is 6.54 Å². The lowest BCUT2D eigenvalue weighted by molar-refractivity contribution is 0.546. The summed E-state index contributed by atoms with van der Waals surface area (Å²) < 4.78 is 2.27. The van der Waals surface area contributed by atoms with E-state index in [0.29, 0.717) is 0 Å². The van der Waals surface area contributed by atoms with Gasteiger partial charge in [-0.25, -0.2) is 4.98 Å². The van der Waals surface area contributed by atoms with Crippen molar-refractivity contribution in [2.75, 3.05) is 13.1 Å². The molecule has 1 heterocycles. The van der Waals surface area contributed by atoms with Crippen LogP contribution in [0.4, 0.5) is 0 Å². The standard InChI is InChI=1S/C14H27N3/c1-4-9-15-10-7-5-6-8-11-17-12-16-13(2)14(17)3/h12,15H,4-11H2,1-3H3. The van der Waals surface area contributed by atoms with E-state index in [1.54, 1.807) is 0 Å². The molecule has 1 rings (SSSR count). The van der Waals surface area contributed by atoms with E-state index in [0.717, 1.165) is 18.8 Å². The highest BCUT2D eigenvalue weighted by Gasteiger charge is 2.00. The van der Waals surface area contributed by atoms with Crippen LogP contribution in [0.15, 0.2) is 6.33 Å². The Kier molecular flexibility index (Phi) is 6.94. The highest BCUT2D eigenvalue weighted by Crippen LogP contribution is 2.07. The monoisotopic (exact) mass is 237 g/mol. The normalized spacial score (nSPS) is 11.0. The van der Waals surface area contributed by atoms with Crippen LogP contribution in [0.3, 0.4) is 0 Å². The van der Waals surface area contributed by atoms with Crippen molar-refractivity contribution >= 4 is 0 Å². The van der Waals surface area contributed by atoms with Gasteiger partial charge in [0.1, 0.15) is 0 Å². The average Bonchev–Trinajstić information content (AvgIpc) is 2.64. The predicted molar refractivity (Wildman–Crippen MR) is 73.3 cm³/mol. The molecular formula is C14H27N3. The fourth-order valence-corrected chi connectivity index (χ4v) is 1.96. The largest absolute Gasteiger partial charge is 0.335 e. The van der Waals surface area contributed by atoms with Gasteiger partial charge in [-0.3, -0.25) is 0 Å². The molecule has 0 atom stereocenters. The van der Waals surface area contributed by atoms with Crippen LogP contribution < -0.4 is 5.32 Å². The molecule has 98 valence electrons. The van der Waals surface area contributed by atoms with Crippen LogP contribution in [0.1, 0.15) is 50.4 Å². The van der Waals surface area contributed by atoms with Gasteiger partial charge in [-0.2, -0.15) is 0 Å². The Balaban J connectivity index is 1.99. The Labute approximate surface area is 106 Å². The van der Waals surface area contributed by atoms with Gasteiger partial charge in [-0.05, 0) is 46.2 Å². The Hall–Kier alpha value is -0.830. The summed E-state index contributed by atoms with van der Waals surface area (Å²) in [5.41, 5.74) is 2.48. The van der Waals surface area contributed by atoms with E-state index >= 15 is 0 Å². The van der Waals surface area contributed by atoms with Gasteiger partial charge in [0.2, 0.25) is 0 Å². The minimum Gasteiger partial charge on any atom is -0.335 e. The number of nitrogens with one attached hydrogen (secondary N) is 1. The minimum atomic E-state index is 1.12. The lowest BCUT2D eigenvalue weighted by Crippen LogP contribution is -2.15. The van der Waals surface area contributed by atoms with E-state index in [9.17, 15) is 0 Å². The first kappa shape index (κ1) is 14.2. The van der Waals surface area contributed by atoms with Gasteiger partial charge in [0.25, 0.3) is 0 Å². The van der Waals surface area contributed by atoms with Gasteiger partial charge in [0.15, 0.2) is 0 Å². The molecule has 0 bridgehead atoms. The number of hydrogen-bond acceptors (Lipinski definition) is 2. The van der Waals surface area contributed by atoms with Gasteiger partial charge >= 0.3 is 0 Å². The van der Waals surface area contributed by atoms with Crippen molar-refractivity contribution in [3.63, 3.8) is 0 Å². The number of rotatable bonds is 9. The fourth-order valence-electron chi connectivity index (χ4n) is 1.96. The van der Waals surface area contributed by atoms with Crippen molar-refractivity contribution in [2.24, 2.45) is 0 Å². The van der Waals surface area contributed by atoms with Crippen molar-refractivity contribution < 1.29 is 0 Å². The van der Waals surface area contributed by atoms with E-state index in [1.807, 2.05) is 6.33 Å². The number of aromatic nitrogens is 2. The lowest BCUT2D eigenvalue weighted by atomic mass is 10.2. The molecule has 0 spiro atoms. The summed E-state index contributed by atoms with van der Waals surface area (Å²) in [5, 5.41) is 3.44. The number of unbranched alkanes of at least 4 members (excludes halogenated alkanes) is 3. The first-order valence-corrected chi connectivity index (χ1v) is 6.94. The topological polar surface area (TPSA) is 29.9 Å². The maximum Gasteiger partial charge on any atom is 0.0951 e. The smallest absolute Gasteiger partial charge is 0.0951 e. The first-order chi connectivity index (χ1) is 8.25. The van der Waals surface area contributed by atoms with Crippen LogP contribution in [0.5, 0.6) is 0 Å². The summed E-state index contributed by atoms with van der Waals surface area (Å²) in [5.74, 6) is 0. The molecule has 0 aliphatic heterocycles. The molecular weight excluding hydrogens is 210 g/mol. The van der Waals surface area contributed by atoms with Crippen molar-refractivity contribution in [1.29, 1.82) is 0 Å². The third-order valence-corrected chi connectivity index (χ3v) is 3.27. The maximum absolute atomic E-state index is 4.32. The second kappa shape index (κ2) is 8.29. The number of hydrogen-bond donors (Lipinski definition) is 1. The quantitative estimate of drug-likeness (QED) is 0.669. The van der Waals surface area contributed by atoms with Gasteiger partial charge in [-0.15, -0.1) is 0 Å². The summed E-state index contributed by atoms with van der Waals surface area (Å²) in [6.45, 7) is 9.89. The Bertz CT molecular complexity index is 304. The zero-order valence-electron chi connectivity index (χ0n) is 11.6. The van der Waals surface area contributed by atoms with Crippen LogP contribution in [0.2, 0.25) is 0 Å². The SMILES string of the molecule is CCCNCCCCCCn1cnc(C)c1C. The van der Waals surface area contributed by atoms with E-state index in [2.05, 4.69) is 35.6 Å². The number of nitrogens with zero attached hydrogens (tertiary/aromatic N) is 2. The molecule has 3 heteroatoms. The molecule has 0 aromatic carbocycles. The molecule has 0 radical (unpaired) electrons. The minimum absolute atomic E-state index is 1.12. The van der Waals surface area contributed by atoms with E-state index in [4.69, 9.17) is 0 Å². The maximum atomic E-state index is 4.32.